The Kier molecular flexibility index (Phi) is 4.07. The van der Waals surface area contributed by atoms with Crippen LogP contribution in [0, 0.1) is 6.92 Å². The second-order valence-electron chi connectivity index (χ2n) is 3.29. The van der Waals surface area contributed by atoms with Gasteiger partial charge in [0.2, 0.25) is 0 Å². The molecule has 0 spiro atoms. The summed E-state index contributed by atoms with van der Waals surface area (Å²) < 4.78 is 5.04. The van der Waals surface area contributed by atoms with Gasteiger partial charge >= 0.3 is 5.97 Å². The van der Waals surface area contributed by atoms with Crippen molar-refractivity contribution in [3.8, 4) is 0 Å². The Balaban J connectivity index is 2.65. The fourth-order valence-corrected chi connectivity index (χ4v) is 1.17. The first-order valence-electron chi connectivity index (χ1n) is 4.75. The van der Waals surface area contributed by atoms with Gasteiger partial charge in [-0.1, -0.05) is 0 Å². The SMILES string of the molecule is Cc1ccc(C(=O)N[C@@H](CCO)C(=O)O)o1. The van der Waals surface area contributed by atoms with Gasteiger partial charge in [0, 0.05) is 13.0 Å². The van der Waals surface area contributed by atoms with E-state index >= 15 is 0 Å². The maximum Gasteiger partial charge on any atom is 0.326 e. The van der Waals surface area contributed by atoms with Crippen molar-refractivity contribution >= 4 is 11.9 Å². The van der Waals surface area contributed by atoms with Gasteiger partial charge in [-0.2, -0.15) is 0 Å². The number of carbonyl (C=O) groups is 2. The van der Waals surface area contributed by atoms with Gasteiger partial charge in [-0.3, -0.25) is 4.79 Å². The zero-order chi connectivity index (χ0) is 12.1. The van der Waals surface area contributed by atoms with Crippen LogP contribution < -0.4 is 5.32 Å². The third-order valence-electron chi connectivity index (χ3n) is 1.99. The summed E-state index contributed by atoms with van der Waals surface area (Å²) in [5, 5.41) is 19.6. The number of aliphatic carboxylic acids is 1. The van der Waals surface area contributed by atoms with E-state index in [-0.39, 0.29) is 18.8 Å². The van der Waals surface area contributed by atoms with Gasteiger partial charge in [-0.25, -0.2) is 4.79 Å². The number of nitrogens with one attached hydrogen (secondary N) is 1. The van der Waals surface area contributed by atoms with Crippen molar-refractivity contribution in [1.82, 2.24) is 5.32 Å². The van der Waals surface area contributed by atoms with Gasteiger partial charge in [-0.15, -0.1) is 0 Å². The number of rotatable bonds is 5. The average molecular weight is 227 g/mol. The highest BCUT2D eigenvalue weighted by Gasteiger charge is 2.21. The number of carboxylic acids is 1. The van der Waals surface area contributed by atoms with E-state index in [0.717, 1.165) is 0 Å². The summed E-state index contributed by atoms with van der Waals surface area (Å²) in [6, 6.07) is 1.96. The van der Waals surface area contributed by atoms with E-state index in [2.05, 4.69) is 5.32 Å². The standard InChI is InChI=1S/C10H13NO5/c1-6-2-3-8(16-6)9(13)11-7(4-5-12)10(14)15/h2-3,7,12H,4-5H2,1H3,(H,11,13)(H,14,15)/t7-/m0/s1. The molecule has 1 atom stereocenters. The van der Waals surface area contributed by atoms with Crippen LogP contribution in [-0.2, 0) is 4.79 Å². The zero-order valence-corrected chi connectivity index (χ0v) is 8.77. The fraction of sp³-hybridized carbons (Fsp3) is 0.400. The van der Waals surface area contributed by atoms with Crippen LogP contribution in [0.1, 0.15) is 22.7 Å². The van der Waals surface area contributed by atoms with Gasteiger partial charge in [0.15, 0.2) is 5.76 Å². The lowest BCUT2D eigenvalue weighted by atomic mass is 10.2. The van der Waals surface area contributed by atoms with Crippen molar-refractivity contribution in [2.45, 2.75) is 19.4 Å². The second-order valence-corrected chi connectivity index (χ2v) is 3.29. The summed E-state index contributed by atoms with van der Waals surface area (Å²) in [6.45, 7) is 1.37. The fourth-order valence-electron chi connectivity index (χ4n) is 1.17. The summed E-state index contributed by atoms with van der Waals surface area (Å²) in [6.07, 6.45) is -0.0409. The Hall–Kier alpha value is -1.82. The van der Waals surface area contributed by atoms with E-state index in [1.807, 2.05) is 0 Å². The molecule has 0 saturated heterocycles. The summed E-state index contributed by atoms with van der Waals surface area (Å²) in [5.74, 6) is -1.17. The highest BCUT2D eigenvalue weighted by Crippen LogP contribution is 2.06. The van der Waals surface area contributed by atoms with Crippen molar-refractivity contribution in [2.24, 2.45) is 0 Å². The third-order valence-corrected chi connectivity index (χ3v) is 1.99. The van der Waals surface area contributed by atoms with Crippen molar-refractivity contribution in [3.63, 3.8) is 0 Å². The molecule has 0 bridgehead atoms. The number of hydrogen-bond acceptors (Lipinski definition) is 4. The van der Waals surface area contributed by atoms with E-state index in [9.17, 15) is 9.59 Å². The molecule has 6 nitrogen and oxygen atoms in total. The van der Waals surface area contributed by atoms with E-state index in [4.69, 9.17) is 14.6 Å². The molecule has 1 aromatic heterocycles. The topological polar surface area (TPSA) is 99.8 Å². The molecule has 6 heteroatoms. The quantitative estimate of drug-likeness (QED) is 0.665. The Labute approximate surface area is 91.9 Å². The Morgan fingerprint density at radius 2 is 2.19 bits per heavy atom. The van der Waals surface area contributed by atoms with E-state index in [0.29, 0.717) is 5.76 Å². The van der Waals surface area contributed by atoms with E-state index in [1.54, 1.807) is 13.0 Å². The highest BCUT2D eigenvalue weighted by atomic mass is 16.4. The largest absolute Gasteiger partial charge is 0.480 e. The van der Waals surface area contributed by atoms with Crippen LogP contribution >= 0.6 is 0 Å². The number of carboxylic acid groups (broad SMARTS) is 1. The number of aryl methyl sites for hydroxylation is 1. The van der Waals surface area contributed by atoms with Crippen LogP contribution in [0.4, 0.5) is 0 Å². The normalized spacial score (nSPS) is 12.1. The van der Waals surface area contributed by atoms with Crippen molar-refractivity contribution in [2.75, 3.05) is 6.61 Å². The number of hydrogen-bond donors (Lipinski definition) is 3. The predicted octanol–water partition coefficient (Wildman–Crippen LogP) is 0.153. The number of aliphatic hydroxyl groups excluding tert-OH is 1. The lowest BCUT2D eigenvalue weighted by Gasteiger charge is -2.11. The monoisotopic (exact) mass is 227 g/mol. The van der Waals surface area contributed by atoms with Crippen LogP contribution in [0.25, 0.3) is 0 Å². The van der Waals surface area contributed by atoms with Gasteiger partial charge in [-0.05, 0) is 19.1 Å². The van der Waals surface area contributed by atoms with Gasteiger partial charge in [0.1, 0.15) is 11.8 Å². The van der Waals surface area contributed by atoms with E-state index in [1.165, 1.54) is 6.07 Å². The third kappa shape index (κ3) is 3.09. The Morgan fingerprint density at radius 1 is 1.50 bits per heavy atom. The smallest absolute Gasteiger partial charge is 0.326 e. The molecule has 0 radical (unpaired) electrons. The van der Waals surface area contributed by atoms with Crippen molar-refractivity contribution in [3.05, 3.63) is 23.7 Å². The summed E-state index contributed by atoms with van der Waals surface area (Å²) in [4.78, 5) is 22.2. The van der Waals surface area contributed by atoms with Crippen LogP contribution in [0.2, 0.25) is 0 Å². The molecule has 1 aromatic rings. The number of furan rings is 1. The molecule has 0 unspecified atom stereocenters. The van der Waals surface area contributed by atoms with Gasteiger partial charge in [0.25, 0.3) is 5.91 Å². The highest BCUT2D eigenvalue weighted by molar-refractivity contribution is 5.94. The maximum atomic E-state index is 11.5. The van der Waals surface area contributed by atoms with Gasteiger partial charge < -0.3 is 19.9 Å². The minimum atomic E-state index is -1.19. The zero-order valence-electron chi connectivity index (χ0n) is 8.77. The molecule has 0 aliphatic carbocycles. The molecule has 0 saturated carbocycles. The molecule has 0 aliphatic heterocycles. The Bertz CT molecular complexity index is 384. The minimum Gasteiger partial charge on any atom is -0.480 e. The molecule has 3 N–H and O–H groups in total. The minimum absolute atomic E-state index is 0.0409. The number of aliphatic hydroxyl groups is 1. The first-order chi connectivity index (χ1) is 7.54. The first kappa shape index (κ1) is 12.3. The molecule has 1 heterocycles. The molecular formula is C10H13NO5. The Morgan fingerprint density at radius 3 is 2.62 bits per heavy atom. The van der Waals surface area contributed by atoms with Crippen LogP contribution in [-0.4, -0.2) is 34.7 Å². The average Bonchev–Trinajstić information content (AvgIpc) is 2.64. The summed E-state index contributed by atoms with van der Waals surface area (Å²) in [5.41, 5.74) is 0. The number of carbonyl (C=O) groups excluding carboxylic acids is 1. The molecule has 88 valence electrons. The van der Waals surface area contributed by atoms with E-state index < -0.39 is 17.9 Å². The number of amides is 1. The first-order valence-corrected chi connectivity index (χ1v) is 4.75. The molecular weight excluding hydrogens is 214 g/mol. The predicted molar refractivity (Wildman–Crippen MR) is 54.0 cm³/mol. The lowest BCUT2D eigenvalue weighted by Crippen LogP contribution is -2.41. The molecule has 16 heavy (non-hydrogen) atoms. The summed E-state index contributed by atoms with van der Waals surface area (Å²) >= 11 is 0. The van der Waals surface area contributed by atoms with Crippen molar-refractivity contribution in [1.29, 1.82) is 0 Å². The molecule has 1 amide bonds. The lowest BCUT2D eigenvalue weighted by molar-refractivity contribution is -0.139. The molecule has 0 aromatic carbocycles. The van der Waals surface area contributed by atoms with Crippen molar-refractivity contribution < 1.29 is 24.2 Å². The second kappa shape index (κ2) is 5.32. The van der Waals surface area contributed by atoms with Crippen LogP contribution in [0.15, 0.2) is 16.5 Å². The van der Waals surface area contributed by atoms with Crippen LogP contribution in [0.3, 0.4) is 0 Å². The van der Waals surface area contributed by atoms with Crippen LogP contribution in [0.5, 0.6) is 0 Å². The molecule has 0 aliphatic rings. The maximum absolute atomic E-state index is 11.5. The molecule has 0 fully saturated rings. The molecule has 1 rings (SSSR count). The summed E-state index contributed by atoms with van der Waals surface area (Å²) in [7, 11) is 0. The van der Waals surface area contributed by atoms with Gasteiger partial charge in [0.05, 0.1) is 0 Å².